The molecule has 0 aromatic rings. The first-order chi connectivity index (χ1) is 9.03. The van der Waals surface area contributed by atoms with Gasteiger partial charge < -0.3 is 0 Å². The van der Waals surface area contributed by atoms with Crippen molar-refractivity contribution in [2.75, 3.05) is 0 Å². The molecule has 0 spiro atoms. The van der Waals surface area contributed by atoms with Crippen molar-refractivity contribution in [3.8, 4) is 0 Å². The summed E-state index contributed by atoms with van der Waals surface area (Å²) in [6.07, 6.45) is 9.70. The first-order valence-electron chi connectivity index (χ1n) is 9.03. The second-order valence-corrected chi connectivity index (χ2v) is 6.97. The summed E-state index contributed by atoms with van der Waals surface area (Å²) in [6, 6.07) is 0. The van der Waals surface area contributed by atoms with Crippen LogP contribution in [0.5, 0.6) is 0 Å². The van der Waals surface area contributed by atoms with Crippen LogP contribution in [-0.2, 0) is 0 Å². The Morgan fingerprint density at radius 2 is 1.37 bits per heavy atom. The SMILES string of the molecule is CCCCC(C)C(CC)C(C(C)C)C(CC)CCC. The maximum absolute atomic E-state index is 2.51. The molecular weight excluding hydrogens is 228 g/mol. The lowest BCUT2D eigenvalue weighted by Gasteiger charge is -2.39. The highest BCUT2D eigenvalue weighted by molar-refractivity contribution is 4.81. The van der Waals surface area contributed by atoms with Gasteiger partial charge in [-0.25, -0.2) is 0 Å². The van der Waals surface area contributed by atoms with Gasteiger partial charge in [-0.3, -0.25) is 0 Å². The van der Waals surface area contributed by atoms with E-state index in [9.17, 15) is 0 Å². The average Bonchev–Trinajstić information content (AvgIpc) is 2.39. The van der Waals surface area contributed by atoms with Gasteiger partial charge in [0.1, 0.15) is 0 Å². The summed E-state index contributed by atoms with van der Waals surface area (Å²) in [7, 11) is 0. The van der Waals surface area contributed by atoms with Gasteiger partial charge in [0.05, 0.1) is 0 Å². The van der Waals surface area contributed by atoms with Crippen molar-refractivity contribution in [3.63, 3.8) is 0 Å². The third-order valence-electron chi connectivity index (χ3n) is 5.21. The quantitative estimate of drug-likeness (QED) is 0.381. The fourth-order valence-electron chi connectivity index (χ4n) is 4.22. The highest BCUT2D eigenvalue weighted by atomic mass is 14.4. The normalized spacial score (nSPS) is 18.3. The van der Waals surface area contributed by atoms with Gasteiger partial charge in [0.25, 0.3) is 0 Å². The van der Waals surface area contributed by atoms with E-state index in [1.54, 1.807) is 0 Å². The lowest BCUT2D eigenvalue weighted by atomic mass is 9.66. The maximum Gasteiger partial charge on any atom is -0.0332 e. The molecule has 19 heavy (non-hydrogen) atoms. The van der Waals surface area contributed by atoms with Gasteiger partial charge in [0.15, 0.2) is 0 Å². The van der Waals surface area contributed by atoms with Crippen LogP contribution < -0.4 is 0 Å². The van der Waals surface area contributed by atoms with Crippen molar-refractivity contribution in [3.05, 3.63) is 0 Å². The first kappa shape index (κ1) is 19.0. The van der Waals surface area contributed by atoms with Crippen molar-refractivity contribution in [1.29, 1.82) is 0 Å². The van der Waals surface area contributed by atoms with Gasteiger partial charge in [-0.15, -0.1) is 0 Å². The Morgan fingerprint density at radius 3 is 1.74 bits per heavy atom. The van der Waals surface area contributed by atoms with Crippen LogP contribution in [0.3, 0.4) is 0 Å². The fraction of sp³-hybridized carbons (Fsp3) is 1.00. The van der Waals surface area contributed by atoms with E-state index in [1.807, 2.05) is 0 Å². The highest BCUT2D eigenvalue weighted by Gasteiger charge is 2.32. The fourth-order valence-corrected chi connectivity index (χ4v) is 4.22. The number of hydrogen-bond acceptors (Lipinski definition) is 0. The molecular formula is C19H40. The molecule has 0 saturated carbocycles. The lowest BCUT2D eigenvalue weighted by molar-refractivity contribution is 0.100. The van der Waals surface area contributed by atoms with Crippen LogP contribution in [0.4, 0.5) is 0 Å². The van der Waals surface area contributed by atoms with E-state index in [4.69, 9.17) is 0 Å². The van der Waals surface area contributed by atoms with Crippen LogP contribution >= 0.6 is 0 Å². The second-order valence-electron chi connectivity index (χ2n) is 6.97. The summed E-state index contributed by atoms with van der Waals surface area (Å²) in [4.78, 5) is 0. The van der Waals surface area contributed by atoms with Crippen molar-refractivity contribution in [2.45, 2.75) is 93.4 Å². The van der Waals surface area contributed by atoms with Gasteiger partial charge in [0, 0.05) is 0 Å². The van der Waals surface area contributed by atoms with Crippen molar-refractivity contribution < 1.29 is 0 Å². The molecule has 0 rings (SSSR count). The van der Waals surface area contributed by atoms with E-state index >= 15 is 0 Å². The Kier molecular flexibility index (Phi) is 10.7. The molecule has 0 amide bonds. The molecule has 0 aliphatic carbocycles. The van der Waals surface area contributed by atoms with Gasteiger partial charge >= 0.3 is 0 Å². The Bertz CT molecular complexity index is 194. The van der Waals surface area contributed by atoms with E-state index < -0.39 is 0 Å². The molecule has 4 unspecified atom stereocenters. The van der Waals surface area contributed by atoms with Gasteiger partial charge in [-0.1, -0.05) is 93.4 Å². The van der Waals surface area contributed by atoms with Gasteiger partial charge in [0.2, 0.25) is 0 Å². The van der Waals surface area contributed by atoms with Crippen LogP contribution in [0, 0.1) is 29.6 Å². The van der Waals surface area contributed by atoms with Gasteiger partial charge in [-0.05, 0) is 29.6 Å². The van der Waals surface area contributed by atoms with Crippen molar-refractivity contribution >= 4 is 0 Å². The van der Waals surface area contributed by atoms with Crippen molar-refractivity contribution in [1.82, 2.24) is 0 Å². The second kappa shape index (κ2) is 10.7. The van der Waals surface area contributed by atoms with Crippen molar-refractivity contribution in [2.24, 2.45) is 29.6 Å². The minimum absolute atomic E-state index is 0.838. The predicted molar refractivity (Wildman–Crippen MR) is 89.5 cm³/mol. The van der Waals surface area contributed by atoms with Crippen LogP contribution in [-0.4, -0.2) is 0 Å². The van der Waals surface area contributed by atoms with E-state index in [2.05, 4.69) is 48.5 Å². The Morgan fingerprint density at radius 1 is 0.737 bits per heavy atom. The molecule has 0 fully saturated rings. The van der Waals surface area contributed by atoms with E-state index in [0.717, 1.165) is 29.6 Å². The largest absolute Gasteiger partial charge is 0.0654 e. The Balaban J connectivity index is 4.87. The Labute approximate surface area is 123 Å². The topological polar surface area (TPSA) is 0 Å². The maximum atomic E-state index is 2.51. The monoisotopic (exact) mass is 268 g/mol. The molecule has 116 valence electrons. The summed E-state index contributed by atoms with van der Waals surface area (Å²) in [5.74, 6) is 4.55. The molecule has 0 heterocycles. The zero-order valence-corrected chi connectivity index (χ0v) is 14.8. The molecule has 0 N–H and O–H groups in total. The molecule has 0 heteroatoms. The first-order valence-corrected chi connectivity index (χ1v) is 9.03. The van der Waals surface area contributed by atoms with E-state index in [0.29, 0.717) is 0 Å². The zero-order chi connectivity index (χ0) is 14.8. The lowest BCUT2D eigenvalue weighted by Crippen LogP contribution is -2.32. The third kappa shape index (κ3) is 6.32. The molecule has 0 bridgehead atoms. The number of rotatable bonds is 11. The summed E-state index contributed by atoms with van der Waals surface area (Å²) >= 11 is 0. The summed E-state index contributed by atoms with van der Waals surface area (Å²) in [5, 5.41) is 0. The Hall–Kier alpha value is 0. The van der Waals surface area contributed by atoms with Crippen LogP contribution in [0.15, 0.2) is 0 Å². The third-order valence-corrected chi connectivity index (χ3v) is 5.21. The van der Waals surface area contributed by atoms with Gasteiger partial charge in [-0.2, -0.15) is 0 Å². The van der Waals surface area contributed by atoms with E-state index in [1.165, 1.54) is 44.9 Å². The van der Waals surface area contributed by atoms with Crippen LogP contribution in [0.1, 0.15) is 93.4 Å². The van der Waals surface area contributed by atoms with Crippen LogP contribution in [0.2, 0.25) is 0 Å². The van der Waals surface area contributed by atoms with Crippen LogP contribution in [0.25, 0.3) is 0 Å². The number of hydrogen-bond donors (Lipinski definition) is 0. The zero-order valence-electron chi connectivity index (χ0n) is 14.8. The molecule has 0 aliphatic heterocycles. The molecule has 4 atom stereocenters. The minimum Gasteiger partial charge on any atom is -0.0654 e. The minimum atomic E-state index is 0.838. The summed E-state index contributed by atoms with van der Waals surface area (Å²) in [5.41, 5.74) is 0. The average molecular weight is 269 g/mol. The molecule has 0 aromatic heterocycles. The molecule has 0 saturated heterocycles. The molecule has 0 aliphatic rings. The summed E-state index contributed by atoms with van der Waals surface area (Å²) in [6.45, 7) is 16.9. The molecule has 0 radical (unpaired) electrons. The highest BCUT2D eigenvalue weighted by Crippen LogP contribution is 2.40. The number of unbranched alkanes of at least 4 members (excludes halogenated alkanes) is 1. The standard InChI is InChI=1S/C19H40/c1-8-12-14-16(7)18(11-4)19(15(5)6)17(10-3)13-9-2/h15-19H,8-14H2,1-7H3. The molecule has 0 aromatic carbocycles. The smallest absolute Gasteiger partial charge is 0.0332 e. The summed E-state index contributed by atoms with van der Waals surface area (Å²) < 4.78 is 0. The predicted octanol–water partition coefficient (Wildman–Crippen LogP) is 6.94. The molecule has 0 nitrogen and oxygen atoms in total. The van der Waals surface area contributed by atoms with E-state index in [-0.39, 0.29) is 0 Å².